The number of anilines is 1. The minimum absolute atomic E-state index is 0.0223. The number of aromatic nitrogens is 2. The van der Waals surface area contributed by atoms with E-state index in [2.05, 4.69) is 4.98 Å². The van der Waals surface area contributed by atoms with Gasteiger partial charge in [-0.15, -0.1) is 0 Å². The standard InChI is InChI=1S/C12H14F2N4/c1-2-4-9-17-11(12(15)18(9)16)7-5-3-6-8(13)10(7)14/h3,5-6H,2,4,15-16H2,1H3. The molecule has 4 N–H and O–H groups in total. The van der Waals surface area contributed by atoms with Crippen LogP contribution in [0.3, 0.4) is 0 Å². The number of benzene rings is 1. The molecule has 0 amide bonds. The highest BCUT2D eigenvalue weighted by atomic mass is 19.2. The molecule has 2 rings (SSSR count). The summed E-state index contributed by atoms with van der Waals surface area (Å²) in [5.41, 5.74) is 5.97. The smallest absolute Gasteiger partial charge is 0.168 e. The van der Waals surface area contributed by atoms with Crippen molar-refractivity contribution in [3.63, 3.8) is 0 Å². The van der Waals surface area contributed by atoms with Crippen LogP contribution in [0.5, 0.6) is 0 Å². The van der Waals surface area contributed by atoms with Crippen LogP contribution in [0.2, 0.25) is 0 Å². The number of hydrogen-bond acceptors (Lipinski definition) is 3. The zero-order valence-electron chi connectivity index (χ0n) is 9.95. The topological polar surface area (TPSA) is 69.9 Å². The van der Waals surface area contributed by atoms with Gasteiger partial charge in [0.05, 0.1) is 0 Å². The van der Waals surface area contributed by atoms with Gasteiger partial charge in [-0.3, -0.25) is 0 Å². The third kappa shape index (κ3) is 1.90. The van der Waals surface area contributed by atoms with Gasteiger partial charge in [0, 0.05) is 12.0 Å². The maximum Gasteiger partial charge on any atom is 0.168 e. The maximum absolute atomic E-state index is 13.7. The van der Waals surface area contributed by atoms with E-state index in [-0.39, 0.29) is 17.1 Å². The second kappa shape index (κ2) is 4.64. The number of halogens is 2. The highest BCUT2D eigenvalue weighted by Crippen LogP contribution is 2.28. The summed E-state index contributed by atoms with van der Waals surface area (Å²) >= 11 is 0. The van der Waals surface area contributed by atoms with Gasteiger partial charge in [0.2, 0.25) is 0 Å². The molecule has 0 aliphatic rings. The number of nitrogen functional groups attached to an aromatic ring is 2. The number of aryl methyl sites for hydroxylation is 1. The molecule has 0 fully saturated rings. The Labute approximate surface area is 103 Å². The third-order valence-electron chi connectivity index (χ3n) is 2.70. The van der Waals surface area contributed by atoms with Crippen LogP contribution in [-0.2, 0) is 6.42 Å². The number of nitrogens with two attached hydrogens (primary N) is 2. The van der Waals surface area contributed by atoms with Crippen LogP contribution in [0.25, 0.3) is 11.3 Å². The average Bonchev–Trinajstić information content (AvgIpc) is 2.62. The molecule has 18 heavy (non-hydrogen) atoms. The first kappa shape index (κ1) is 12.3. The SMILES string of the molecule is CCCc1nc(-c2cccc(F)c2F)c(N)n1N. The van der Waals surface area contributed by atoms with E-state index in [0.717, 1.165) is 12.5 Å². The first-order valence-corrected chi connectivity index (χ1v) is 5.62. The minimum atomic E-state index is -0.967. The summed E-state index contributed by atoms with van der Waals surface area (Å²) in [6.45, 7) is 1.97. The number of hydrogen-bond donors (Lipinski definition) is 2. The predicted octanol–water partition coefficient (Wildman–Crippen LogP) is 2.08. The first-order chi connectivity index (χ1) is 8.56. The summed E-state index contributed by atoms with van der Waals surface area (Å²) in [6, 6.07) is 3.87. The zero-order chi connectivity index (χ0) is 13.3. The van der Waals surface area contributed by atoms with Crippen molar-refractivity contribution in [2.24, 2.45) is 0 Å². The van der Waals surface area contributed by atoms with Crippen LogP contribution < -0.4 is 11.6 Å². The lowest BCUT2D eigenvalue weighted by Gasteiger charge is -2.02. The lowest BCUT2D eigenvalue weighted by atomic mass is 10.1. The Morgan fingerprint density at radius 2 is 2.06 bits per heavy atom. The monoisotopic (exact) mass is 252 g/mol. The van der Waals surface area contributed by atoms with Gasteiger partial charge >= 0.3 is 0 Å². The van der Waals surface area contributed by atoms with Crippen LogP contribution in [-0.4, -0.2) is 9.66 Å². The van der Waals surface area contributed by atoms with Crippen molar-refractivity contribution in [1.29, 1.82) is 0 Å². The summed E-state index contributed by atoms with van der Waals surface area (Å²) < 4.78 is 28.1. The molecule has 0 aliphatic carbocycles. The van der Waals surface area contributed by atoms with Crippen LogP contribution >= 0.6 is 0 Å². The van der Waals surface area contributed by atoms with E-state index in [4.69, 9.17) is 11.6 Å². The van der Waals surface area contributed by atoms with Crippen molar-refractivity contribution in [2.45, 2.75) is 19.8 Å². The van der Waals surface area contributed by atoms with E-state index in [1.807, 2.05) is 6.92 Å². The Morgan fingerprint density at radius 1 is 1.33 bits per heavy atom. The highest BCUT2D eigenvalue weighted by molar-refractivity contribution is 5.71. The van der Waals surface area contributed by atoms with Crippen LogP contribution in [0.1, 0.15) is 19.2 Å². The number of imidazole rings is 1. The van der Waals surface area contributed by atoms with Crippen LogP contribution in [0, 0.1) is 11.6 Å². The Bertz CT molecular complexity index is 578. The highest BCUT2D eigenvalue weighted by Gasteiger charge is 2.18. The van der Waals surface area contributed by atoms with Gasteiger partial charge in [0.25, 0.3) is 0 Å². The molecular weight excluding hydrogens is 238 g/mol. The molecule has 0 radical (unpaired) electrons. The largest absolute Gasteiger partial charge is 0.382 e. The molecule has 4 nitrogen and oxygen atoms in total. The van der Waals surface area contributed by atoms with Crippen molar-refractivity contribution in [2.75, 3.05) is 11.6 Å². The van der Waals surface area contributed by atoms with Gasteiger partial charge in [-0.2, -0.15) is 0 Å². The molecule has 0 bridgehead atoms. The van der Waals surface area contributed by atoms with Gasteiger partial charge in [0.15, 0.2) is 17.5 Å². The van der Waals surface area contributed by atoms with Crippen molar-refractivity contribution < 1.29 is 8.78 Å². The molecule has 6 heteroatoms. The van der Waals surface area contributed by atoms with Crippen molar-refractivity contribution >= 4 is 5.82 Å². The van der Waals surface area contributed by atoms with E-state index in [0.29, 0.717) is 12.2 Å². The Hall–Kier alpha value is -2.11. The van der Waals surface area contributed by atoms with Gasteiger partial charge in [-0.1, -0.05) is 13.0 Å². The third-order valence-corrected chi connectivity index (χ3v) is 2.70. The minimum Gasteiger partial charge on any atom is -0.382 e. The Kier molecular flexibility index (Phi) is 3.18. The Morgan fingerprint density at radius 3 is 2.72 bits per heavy atom. The van der Waals surface area contributed by atoms with E-state index in [1.165, 1.54) is 16.8 Å². The molecular formula is C12H14F2N4. The van der Waals surface area contributed by atoms with E-state index in [1.54, 1.807) is 0 Å². The van der Waals surface area contributed by atoms with E-state index < -0.39 is 11.6 Å². The van der Waals surface area contributed by atoms with Crippen molar-refractivity contribution in [1.82, 2.24) is 9.66 Å². The fourth-order valence-electron chi connectivity index (χ4n) is 1.78. The fourth-order valence-corrected chi connectivity index (χ4v) is 1.78. The molecule has 0 aliphatic heterocycles. The molecule has 0 atom stereocenters. The molecule has 0 spiro atoms. The normalized spacial score (nSPS) is 10.8. The van der Waals surface area contributed by atoms with Crippen LogP contribution in [0.4, 0.5) is 14.6 Å². The second-order valence-electron chi connectivity index (χ2n) is 3.98. The molecule has 2 aromatic rings. The van der Waals surface area contributed by atoms with Gasteiger partial charge in [0.1, 0.15) is 11.5 Å². The second-order valence-corrected chi connectivity index (χ2v) is 3.98. The predicted molar refractivity (Wildman–Crippen MR) is 66.1 cm³/mol. The maximum atomic E-state index is 13.7. The summed E-state index contributed by atoms with van der Waals surface area (Å²) in [5, 5.41) is 0. The van der Waals surface area contributed by atoms with E-state index >= 15 is 0 Å². The lowest BCUT2D eigenvalue weighted by molar-refractivity contribution is 0.511. The van der Waals surface area contributed by atoms with Crippen molar-refractivity contribution in [3.05, 3.63) is 35.7 Å². The summed E-state index contributed by atoms with van der Waals surface area (Å²) in [6.07, 6.45) is 1.45. The lowest BCUT2D eigenvalue weighted by Crippen LogP contribution is -2.15. The summed E-state index contributed by atoms with van der Waals surface area (Å²) in [7, 11) is 0. The molecule has 1 aromatic heterocycles. The van der Waals surface area contributed by atoms with Gasteiger partial charge in [-0.05, 0) is 18.6 Å². The summed E-state index contributed by atoms with van der Waals surface area (Å²) in [5.74, 6) is 4.50. The van der Waals surface area contributed by atoms with Crippen molar-refractivity contribution in [3.8, 4) is 11.3 Å². The first-order valence-electron chi connectivity index (χ1n) is 5.62. The number of rotatable bonds is 3. The average molecular weight is 252 g/mol. The molecule has 1 aromatic carbocycles. The van der Waals surface area contributed by atoms with Crippen LogP contribution in [0.15, 0.2) is 18.2 Å². The molecule has 0 saturated heterocycles. The van der Waals surface area contributed by atoms with E-state index in [9.17, 15) is 8.78 Å². The molecule has 0 saturated carbocycles. The Balaban J connectivity index is 2.57. The number of nitrogens with zero attached hydrogens (tertiary/aromatic N) is 2. The fraction of sp³-hybridized carbons (Fsp3) is 0.250. The molecule has 1 heterocycles. The quantitative estimate of drug-likeness (QED) is 0.821. The van der Waals surface area contributed by atoms with Gasteiger partial charge < -0.3 is 11.6 Å². The molecule has 0 unspecified atom stereocenters. The van der Waals surface area contributed by atoms with Gasteiger partial charge in [-0.25, -0.2) is 18.4 Å². The zero-order valence-corrected chi connectivity index (χ0v) is 9.95. The summed E-state index contributed by atoms with van der Waals surface area (Å²) in [4.78, 5) is 4.18. The molecule has 96 valence electrons.